The molecule has 3 heterocycles. The van der Waals surface area contributed by atoms with E-state index in [1.165, 1.54) is 34.1 Å². The van der Waals surface area contributed by atoms with Crippen LogP contribution >= 0.6 is 11.3 Å². The standard InChI is InChI=1S/C23H23F2N5OS/c1-2-19-26-23-30(27-19)22(31)21(32-23)20(15-6-5-7-16(24)14-15)29-12-10-28(11-13-29)18-9-4-3-8-17(18)25/h3-9,14,20,31H,2,10-13H2,1H3/t20-/m0/s1. The molecular formula is C23H23F2N5OS. The molecule has 1 N–H and O–H groups in total. The maximum atomic E-state index is 14.3. The van der Waals surface area contributed by atoms with Crippen molar-refractivity contribution in [3.8, 4) is 5.88 Å². The summed E-state index contributed by atoms with van der Waals surface area (Å²) in [7, 11) is 0. The van der Waals surface area contributed by atoms with Gasteiger partial charge in [0.1, 0.15) is 11.6 Å². The van der Waals surface area contributed by atoms with Crippen LogP contribution < -0.4 is 4.90 Å². The number of piperazine rings is 1. The van der Waals surface area contributed by atoms with E-state index in [1.54, 1.807) is 18.2 Å². The predicted octanol–water partition coefficient (Wildman–Crippen LogP) is 4.25. The first kappa shape index (κ1) is 20.8. The lowest BCUT2D eigenvalue weighted by Crippen LogP contribution is -2.48. The zero-order valence-corrected chi connectivity index (χ0v) is 18.4. The van der Waals surface area contributed by atoms with Crippen molar-refractivity contribution in [2.75, 3.05) is 31.1 Å². The third kappa shape index (κ3) is 3.71. The van der Waals surface area contributed by atoms with Crippen LogP contribution in [0.1, 0.15) is 29.2 Å². The van der Waals surface area contributed by atoms with Crippen LogP contribution in [0.15, 0.2) is 48.5 Å². The van der Waals surface area contributed by atoms with E-state index in [0.29, 0.717) is 53.9 Å². The summed E-state index contributed by atoms with van der Waals surface area (Å²) < 4.78 is 29.8. The van der Waals surface area contributed by atoms with Crippen LogP contribution in [0.4, 0.5) is 14.5 Å². The Kier molecular flexibility index (Phi) is 5.52. The highest BCUT2D eigenvalue weighted by atomic mass is 32.1. The third-order valence-electron chi connectivity index (χ3n) is 5.85. The molecule has 2 aromatic carbocycles. The van der Waals surface area contributed by atoms with Gasteiger partial charge in [-0.2, -0.15) is 4.52 Å². The number of anilines is 1. The van der Waals surface area contributed by atoms with E-state index in [9.17, 15) is 13.9 Å². The number of rotatable bonds is 5. The van der Waals surface area contributed by atoms with E-state index in [2.05, 4.69) is 15.0 Å². The van der Waals surface area contributed by atoms with Gasteiger partial charge < -0.3 is 10.0 Å². The predicted molar refractivity (Wildman–Crippen MR) is 120 cm³/mol. The highest BCUT2D eigenvalue weighted by molar-refractivity contribution is 7.17. The second-order valence-electron chi connectivity index (χ2n) is 7.80. The van der Waals surface area contributed by atoms with Gasteiger partial charge in [-0.25, -0.2) is 13.8 Å². The summed E-state index contributed by atoms with van der Waals surface area (Å²) in [5, 5.41) is 15.4. The molecule has 4 aromatic rings. The van der Waals surface area contributed by atoms with E-state index in [1.807, 2.05) is 24.0 Å². The number of hydrogen-bond acceptors (Lipinski definition) is 6. The lowest BCUT2D eigenvalue weighted by Gasteiger charge is -2.40. The van der Waals surface area contributed by atoms with Gasteiger partial charge in [0, 0.05) is 32.6 Å². The minimum atomic E-state index is -0.355. The molecule has 0 radical (unpaired) electrons. The number of halogens is 2. The van der Waals surface area contributed by atoms with Crippen LogP contribution in [0.3, 0.4) is 0 Å². The molecule has 0 bridgehead atoms. The molecule has 0 amide bonds. The average molecular weight is 456 g/mol. The number of hydrogen-bond donors (Lipinski definition) is 1. The summed E-state index contributed by atoms with van der Waals surface area (Å²) in [4.78, 5) is 9.98. The highest BCUT2D eigenvalue weighted by Gasteiger charge is 2.32. The number of fused-ring (bicyclic) bond motifs is 1. The van der Waals surface area contributed by atoms with Gasteiger partial charge in [-0.05, 0) is 29.8 Å². The van der Waals surface area contributed by atoms with E-state index >= 15 is 0 Å². The Morgan fingerprint density at radius 2 is 1.84 bits per heavy atom. The van der Waals surface area contributed by atoms with Gasteiger partial charge >= 0.3 is 0 Å². The topological polar surface area (TPSA) is 56.9 Å². The number of thiazole rings is 1. The lowest BCUT2D eigenvalue weighted by atomic mass is 10.0. The van der Waals surface area contributed by atoms with Crippen molar-refractivity contribution in [1.29, 1.82) is 0 Å². The highest BCUT2D eigenvalue weighted by Crippen LogP contribution is 2.40. The van der Waals surface area contributed by atoms with Crippen molar-refractivity contribution in [3.05, 3.63) is 76.4 Å². The van der Waals surface area contributed by atoms with Crippen LogP contribution in [0, 0.1) is 11.6 Å². The van der Waals surface area contributed by atoms with E-state index in [0.717, 1.165) is 5.56 Å². The molecule has 32 heavy (non-hydrogen) atoms. The molecule has 166 valence electrons. The van der Waals surface area contributed by atoms with Crippen LogP contribution in [-0.2, 0) is 6.42 Å². The van der Waals surface area contributed by atoms with Crippen molar-refractivity contribution >= 4 is 22.0 Å². The molecule has 0 spiro atoms. The largest absolute Gasteiger partial charge is 0.492 e. The smallest absolute Gasteiger partial charge is 0.230 e. The third-order valence-corrected chi connectivity index (χ3v) is 6.92. The van der Waals surface area contributed by atoms with Crippen molar-refractivity contribution in [2.45, 2.75) is 19.4 Å². The average Bonchev–Trinajstić information content (AvgIpc) is 3.34. The molecule has 1 saturated heterocycles. The van der Waals surface area contributed by atoms with Gasteiger partial charge in [0.2, 0.25) is 10.8 Å². The first-order valence-corrected chi connectivity index (χ1v) is 11.4. The molecule has 6 nitrogen and oxygen atoms in total. The van der Waals surface area contributed by atoms with Gasteiger partial charge in [0.15, 0.2) is 5.82 Å². The summed E-state index contributed by atoms with van der Waals surface area (Å²) in [6.07, 6.45) is 0.675. The minimum absolute atomic E-state index is 0.0306. The van der Waals surface area contributed by atoms with Gasteiger partial charge in [-0.15, -0.1) is 5.10 Å². The summed E-state index contributed by atoms with van der Waals surface area (Å²) in [6, 6.07) is 12.9. The normalized spacial score (nSPS) is 16.0. The SMILES string of the molecule is CCc1nc2sc([C@H](c3cccc(F)c3)N3CCN(c4ccccc4F)CC3)c(O)n2n1. The molecule has 0 aliphatic carbocycles. The maximum absolute atomic E-state index is 14.3. The summed E-state index contributed by atoms with van der Waals surface area (Å²) >= 11 is 1.36. The van der Waals surface area contributed by atoms with E-state index < -0.39 is 0 Å². The zero-order chi connectivity index (χ0) is 22.2. The molecule has 5 rings (SSSR count). The fraction of sp³-hybridized carbons (Fsp3) is 0.304. The van der Waals surface area contributed by atoms with E-state index in [4.69, 9.17) is 0 Å². The first-order valence-electron chi connectivity index (χ1n) is 10.6. The van der Waals surface area contributed by atoms with Crippen molar-refractivity contribution in [1.82, 2.24) is 19.5 Å². The Morgan fingerprint density at radius 1 is 1.06 bits per heavy atom. The second-order valence-corrected chi connectivity index (χ2v) is 8.81. The quantitative estimate of drug-likeness (QED) is 0.488. The second kappa shape index (κ2) is 8.48. The summed E-state index contributed by atoms with van der Waals surface area (Å²) in [5.41, 5.74) is 1.34. The zero-order valence-electron chi connectivity index (χ0n) is 17.6. The molecular weight excluding hydrogens is 432 g/mol. The lowest BCUT2D eigenvalue weighted by molar-refractivity contribution is 0.210. The Bertz CT molecular complexity index is 1250. The Labute approximate surface area is 188 Å². The van der Waals surface area contributed by atoms with Crippen molar-refractivity contribution in [2.24, 2.45) is 0 Å². The van der Waals surface area contributed by atoms with Crippen molar-refractivity contribution in [3.63, 3.8) is 0 Å². The molecule has 2 aromatic heterocycles. The fourth-order valence-electron chi connectivity index (χ4n) is 4.25. The molecule has 1 aliphatic heterocycles. The van der Waals surface area contributed by atoms with Gasteiger partial charge in [0.25, 0.3) is 0 Å². The molecule has 1 atom stereocenters. The summed E-state index contributed by atoms with van der Waals surface area (Å²) in [6.45, 7) is 4.45. The van der Waals surface area contributed by atoms with Gasteiger partial charge in [0.05, 0.1) is 16.6 Å². The molecule has 0 saturated carbocycles. The Hall–Kier alpha value is -3.04. The monoisotopic (exact) mass is 455 g/mol. The van der Waals surface area contributed by atoms with E-state index in [-0.39, 0.29) is 23.6 Å². The number of aryl methyl sites for hydroxylation is 1. The number of nitrogens with zero attached hydrogens (tertiary/aromatic N) is 5. The van der Waals surface area contributed by atoms with Crippen LogP contribution in [0.5, 0.6) is 5.88 Å². The van der Waals surface area contributed by atoms with Gasteiger partial charge in [-0.1, -0.05) is 42.5 Å². The van der Waals surface area contributed by atoms with Crippen LogP contribution in [-0.4, -0.2) is 50.8 Å². The molecule has 0 unspecified atom stereocenters. The Morgan fingerprint density at radius 3 is 2.53 bits per heavy atom. The minimum Gasteiger partial charge on any atom is -0.492 e. The molecule has 1 fully saturated rings. The number of benzene rings is 2. The first-order chi connectivity index (χ1) is 15.5. The number of para-hydroxylation sites is 1. The Balaban J connectivity index is 1.49. The number of aromatic nitrogens is 3. The fourth-order valence-corrected chi connectivity index (χ4v) is 5.39. The maximum Gasteiger partial charge on any atom is 0.230 e. The van der Waals surface area contributed by atoms with Gasteiger partial charge in [-0.3, -0.25) is 4.90 Å². The molecule has 9 heteroatoms. The van der Waals surface area contributed by atoms with Crippen LogP contribution in [0.25, 0.3) is 4.96 Å². The summed E-state index contributed by atoms with van der Waals surface area (Å²) in [5.74, 6) is 0.129. The molecule has 1 aliphatic rings. The van der Waals surface area contributed by atoms with Crippen molar-refractivity contribution < 1.29 is 13.9 Å². The number of aromatic hydroxyl groups is 1. The van der Waals surface area contributed by atoms with Crippen LogP contribution in [0.2, 0.25) is 0 Å².